The van der Waals surface area contributed by atoms with E-state index in [4.69, 9.17) is 14.3 Å². The highest BCUT2D eigenvalue weighted by atomic mass is 19.1. The number of aromatic nitrogens is 2. The van der Waals surface area contributed by atoms with Gasteiger partial charge in [0.05, 0.1) is 26.0 Å². The summed E-state index contributed by atoms with van der Waals surface area (Å²) in [5.74, 6) is 1.28. The minimum Gasteiger partial charge on any atom is -0.495 e. The van der Waals surface area contributed by atoms with Gasteiger partial charge in [-0.15, -0.1) is 0 Å². The number of hydrogen-bond acceptors (Lipinski definition) is 7. The summed E-state index contributed by atoms with van der Waals surface area (Å²) in [6.45, 7) is 3.77. The Morgan fingerprint density at radius 1 is 0.966 bits per heavy atom. The summed E-state index contributed by atoms with van der Waals surface area (Å²) in [6.07, 6.45) is 1.35. The van der Waals surface area contributed by atoms with Crippen LogP contribution in [0.5, 0.6) is 11.5 Å². The molecule has 0 saturated heterocycles. The van der Waals surface area contributed by atoms with Crippen molar-refractivity contribution in [1.82, 2.24) is 9.97 Å². The zero-order valence-electron chi connectivity index (χ0n) is 16.7. The largest absolute Gasteiger partial charge is 0.495 e. The number of anilines is 3. The molecule has 152 valence electrons. The Hall–Kier alpha value is -3.39. The fourth-order valence-electron chi connectivity index (χ4n) is 2.76. The first-order valence-electron chi connectivity index (χ1n) is 9.03. The fourth-order valence-corrected chi connectivity index (χ4v) is 2.76. The van der Waals surface area contributed by atoms with E-state index >= 15 is 0 Å². The second-order valence-corrected chi connectivity index (χ2v) is 6.44. The van der Waals surface area contributed by atoms with Gasteiger partial charge in [0.25, 0.3) is 0 Å². The smallest absolute Gasteiger partial charge is 0.144 e. The first-order valence-corrected chi connectivity index (χ1v) is 9.03. The van der Waals surface area contributed by atoms with Crippen LogP contribution >= 0.6 is 0 Å². The number of hydrogen-bond donors (Lipinski definition) is 2. The van der Waals surface area contributed by atoms with Crippen molar-refractivity contribution in [2.24, 2.45) is 0 Å². The first kappa shape index (κ1) is 20.3. The molecule has 0 spiro atoms. The van der Waals surface area contributed by atoms with Gasteiger partial charge in [-0.1, -0.05) is 0 Å². The van der Waals surface area contributed by atoms with Gasteiger partial charge in [0.1, 0.15) is 35.1 Å². The SMILES string of the molecule is CONc1cc(Nc2cc(-c3ccc(F)cc3OC(C)C)ncn2)ccc1OC. The molecule has 1 heterocycles. The van der Waals surface area contributed by atoms with Crippen molar-refractivity contribution in [1.29, 1.82) is 0 Å². The van der Waals surface area contributed by atoms with Crippen molar-refractivity contribution < 1.29 is 18.7 Å². The van der Waals surface area contributed by atoms with Gasteiger partial charge in [-0.05, 0) is 44.2 Å². The summed E-state index contributed by atoms with van der Waals surface area (Å²) in [5, 5.41) is 3.22. The summed E-state index contributed by atoms with van der Waals surface area (Å²) in [5.41, 5.74) is 5.51. The number of halogens is 1. The lowest BCUT2D eigenvalue weighted by Gasteiger charge is -2.15. The average Bonchev–Trinajstić information content (AvgIpc) is 2.68. The summed E-state index contributed by atoms with van der Waals surface area (Å²) in [7, 11) is 3.11. The van der Waals surface area contributed by atoms with Crippen molar-refractivity contribution in [2.45, 2.75) is 20.0 Å². The number of nitrogens with one attached hydrogen (secondary N) is 2. The van der Waals surface area contributed by atoms with Crippen LogP contribution in [0.1, 0.15) is 13.8 Å². The van der Waals surface area contributed by atoms with Crippen LogP contribution in [0, 0.1) is 5.82 Å². The van der Waals surface area contributed by atoms with Crippen molar-refractivity contribution in [3.63, 3.8) is 0 Å². The Morgan fingerprint density at radius 3 is 2.52 bits per heavy atom. The molecule has 1 aromatic heterocycles. The number of benzene rings is 2. The highest BCUT2D eigenvalue weighted by Gasteiger charge is 2.12. The van der Waals surface area contributed by atoms with Crippen LogP contribution < -0.4 is 20.3 Å². The summed E-state index contributed by atoms with van der Waals surface area (Å²) < 4.78 is 24.7. The molecule has 0 amide bonds. The lowest BCUT2D eigenvalue weighted by Crippen LogP contribution is -2.07. The van der Waals surface area contributed by atoms with E-state index in [2.05, 4.69) is 20.8 Å². The Balaban J connectivity index is 1.90. The van der Waals surface area contributed by atoms with E-state index in [9.17, 15) is 4.39 Å². The average molecular weight is 398 g/mol. The minimum absolute atomic E-state index is 0.0963. The van der Waals surface area contributed by atoms with Crippen molar-refractivity contribution in [2.75, 3.05) is 25.0 Å². The molecule has 0 fully saturated rings. The Kier molecular flexibility index (Phi) is 6.46. The molecule has 3 rings (SSSR count). The van der Waals surface area contributed by atoms with E-state index in [0.717, 1.165) is 5.69 Å². The summed E-state index contributed by atoms with van der Waals surface area (Å²) >= 11 is 0. The number of ether oxygens (including phenoxy) is 2. The zero-order valence-corrected chi connectivity index (χ0v) is 16.7. The maximum atomic E-state index is 13.7. The Morgan fingerprint density at radius 2 is 1.79 bits per heavy atom. The predicted molar refractivity (Wildman–Crippen MR) is 110 cm³/mol. The van der Waals surface area contributed by atoms with Crippen LogP contribution in [0.2, 0.25) is 0 Å². The van der Waals surface area contributed by atoms with E-state index in [-0.39, 0.29) is 11.9 Å². The molecule has 3 aromatic rings. The van der Waals surface area contributed by atoms with Gasteiger partial charge in [-0.2, -0.15) is 0 Å². The van der Waals surface area contributed by atoms with Gasteiger partial charge < -0.3 is 14.8 Å². The standard InChI is InChI=1S/C21H23FN4O3/c1-13(2)29-20-9-14(22)5-7-16(20)17-11-21(24-12-23-17)25-15-6-8-19(27-3)18(10-15)26-28-4/h5-13,26H,1-4H3,(H,23,24,25). The molecule has 0 aliphatic rings. The Labute approximate surface area is 168 Å². The molecule has 0 radical (unpaired) electrons. The van der Waals surface area contributed by atoms with Gasteiger partial charge in [0.2, 0.25) is 0 Å². The normalized spacial score (nSPS) is 10.7. The van der Waals surface area contributed by atoms with Crippen molar-refractivity contribution >= 4 is 17.2 Å². The Bertz CT molecular complexity index is 982. The maximum absolute atomic E-state index is 13.7. The van der Waals surface area contributed by atoms with Crippen LogP contribution in [0.3, 0.4) is 0 Å². The summed E-state index contributed by atoms with van der Waals surface area (Å²) in [4.78, 5) is 13.6. The van der Waals surface area contributed by atoms with E-state index in [1.807, 2.05) is 26.0 Å². The molecule has 0 atom stereocenters. The van der Waals surface area contributed by atoms with Crippen LogP contribution in [0.15, 0.2) is 48.8 Å². The number of methoxy groups -OCH3 is 1. The zero-order chi connectivity index (χ0) is 20.8. The van der Waals surface area contributed by atoms with E-state index in [1.54, 1.807) is 25.3 Å². The molecule has 0 bridgehead atoms. The van der Waals surface area contributed by atoms with Crippen molar-refractivity contribution in [3.8, 4) is 22.8 Å². The van der Waals surface area contributed by atoms with Gasteiger partial charge in [-0.3, -0.25) is 10.3 Å². The lowest BCUT2D eigenvalue weighted by atomic mass is 10.1. The first-order chi connectivity index (χ1) is 14.0. The highest BCUT2D eigenvalue weighted by Crippen LogP contribution is 2.32. The van der Waals surface area contributed by atoms with Gasteiger partial charge in [0, 0.05) is 23.4 Å². The fraction of sp³-hybridized carbons (Fsp3) is 0.238. The van der Waals surface area contributed by atoms with E-state index in [0.29, 0.717) is 34.3 Å². The molecule has 2 aromatic carbocycles. The van der Waals surface area contributed by atoms with E-state index < -0.39 is 0 Å². The van der Waals surface area contributed by atoms with Gasteiger partial charge in [0.15, 0.2) is 0 Å². The highest BCUT2D eigenvalue weighted by molar-refractivity contribution is 5.72. The van der Waals surface area contributed by atoms with Gasteiger partial charge >= 0.3 is 0 Å². The minimum atomic E-state index is -0.367. The number of rotatable bonds is 8. The molecular formula is C21H23FN4O3. The summed E-state index contributed by atoms with van der Waals surface area (Å²) in [6, 6.07) is 11.6. The van der Waals surface area contributed by atoms with Crippen LogP contribution in [-0.4, -0.2) is 30.3 Å². The lowest BCUT2D eigenvalue weighted by molar-refractivity contribution is 0.242. The molecule has 0 saturated carbocycles. The molecule has 0 unspecified atom stereocenters. The molecule has 0 aliphatic heterocycles. The third kappa shape index (κ3) is 5.11. The van der Waals surface area contributed by atoms with Gasteiger partial charge in [-0.25, -0.2) is 14.4 Å². The quantitative estimate of drug-likeness (QED) is 0.528. The van der Waals surface area contributed by atoms with Crippen LogP contribution in [-0.2, 0) is 4.84 Å². The molecule has 0 aliphatic carbocycles. The molecule has 29 heavy (non-hydrogen) atoms. The molecule has 7 nitrogen and oxygen atoms in total. The third-order valence-corrected chi connectivity index (χ3v) is 3.93. The third-order valence-electron chi connectivity index (χ3n) is 3.93. The monoisotopic (exact) mass is 398 g/mol. The number of nitrogens with zero attached hydrogens (tertiary/aromatic N) is 2. The topological polar surface area (TPSA) is 77.5 Å². The van der Waals surface area contributed by atoms with Crippen LogP contribution in [0.4, 0.5) is 21.6 Å². The molecule has 2 N–H and O–H groups in total. The molecule has 8 heteroatoms. The van der Waals surface area contributed by atoms with E-state index in [1.165, 1.54) is 25.6 Å². The van der Waals surface area contributed by atoms with Crippen molar-refractivity contribution in [3.05, 3.63) is 54.6 Å². The molecular weight excluding hydrogens is 375 g/mol. The second-order valence-electron chi connectivity index (χ2n) is 6.44. The predicted octanol–water partition coefficient (Wildman–Crippen LogP) is 4.80. The second kappa shape index (κ2) is 9.20. The van der Waals surface area contributed by atoms with Crippen LogP contribution in [0.25, 0.3) is 11.3 Å². The maximum Gasteiger partial charge on any atom is 0.144 e.